The highest BCUT2D eigenvalue weighted by Crippen LogP contribution is 2.26. The number of hydrogen-bond acceptors (Lipinski definition) is 8. The van der Waals surface area contributed by atoms with Gasteiger partial charge in [0.2, 0.25) is 0 Å². The number of β-amino-alcohol motifs (C(OH)–C–C–N with tert-alkyl or cyclic N) is 1. The van der Waals surface area contributed by atoms with Crippen LogP contribution in [0.2, 0.25) is 0 Å². The van der Waals surface area contributed by atoms with Crippen molar-refractivity contribution in [2.24, 2.45) is 0 Å². The molecule has 1 fully saturated rings. The van der Waals surface area contributed by atoms with E-state index in [-0.39, 0.29) is 29.1 Å². The van der Waals surface area contributed by atoms with Gasteiger partial charge in [-0.1, -0.05) is 30.3 Å². The van der Waals surface area contributed by atoms with Gasteiger partial charge in [0.05, 0.1) is 11.0 Å². The predicted octanol–water partition coefficient (Wildman–Crippen LogP) is 2.26. The van der Waals surface area contributed by atoms with Gasteiger partial charge in [-0.2, -0.15) is 0 Å². The number of aliphatic hydroxyl groups excluding tert-OH is 1. The van der Waals surface area contributed by atoms with E-state index in [0.717, 1.165) is 25.8 Å². The zero-order valence-corrected chi connectivity index (χ0v) is 20.9. The summed E-state index contributed by atoms with van der Waals surface area (Å²) in [5.74, 6) is 0.105. The van der Waals surface area contributed by atoms with E-state index in [9.17, 15) is 18.3 Å². The fourth-order valence-electron chi connectivity index (χ4n) is 4.99. The molecule has 5 rings (SSSR count). The monoisotopic (exact) mass is 507 g/mol. The summed E-state index contributed by atoms with van der Waals surface area (Å²) in [5.41, 5.74) is 3.42. The molecule has 3 heterocycles. The molecule has 2 aliphatic rings. The molecule has 1 unspecified atom stereocenters. The Kier molecular flexibility index (Phi) is 6.74. The van der Waals surface area contributed by atoms with Gasteiger partial charge in [0, 0.05) is 50.2 Å². The zero-order chi connectivity index (χ0) is 25.3. The molecule has 2 aliphatic heterocycles. The maximum absolute atomic E-state index is 13.2. The number of fused-ring (bicyclic) bond motifs is 1. The highest BCUT2D eigenvalue weighted by molar-refractivity contribution is 7.90. The molecule has 2 N–H and O–H groups in total. The quantitative estimate of drug-likeness (QED) is 0.540. The van der Waals surface area contributed by atoms with Gasteiger partial charge < -0.3 is 15.3 Å². The number of rotatable bonds is 5. The standard InChI is InChI=1S/C26H29N5O4S/c1-36(34,35)21-8-4-7-20(13-21)29-25-14-22(27-17-28-25)26(33)31-12-10-23(24(32)16-31)30-11-9-18-5-2-3-6-19(18)15-30/h2-8,13-14,17,23-24,32H,9-12,15-16H2,1H3,(H,27,28,29)/t23?,24-/m0/s1. The molecule has 9 nitrogen and oxygen atoms in total. The Morgan fingerprint density at radius 2 is 1.86 bits per heavy atom. The second kappa shape index (κ2) is 9.96. The van der Waals surface area contributed by atoms with Crippen molar-refractivity contribution in [3.8, 4) is 0 Å². The number of likely N-dealkylation sites (tertiary alicyclic amines) is 1. The highest BCUT2D eigenvalue weighted by atomic mass is 32.2. The lowest BCUT2D eigenvalue weighted by atomic mass is 9.94. The van der Waals surface area contributed by atoms with Crippen LogP contribution in [0.3, 0.4) is 0 Å². The molecule has 188 valence electrons. The highest BCUT2D eigenvalue weighted by Gasteiger charge is 2.35. The zero-order valence-electron chi connectivity index (χ0n) is 20.0. The molecule has 0 bridgehead atoms. The summed E-state index contributed by atoms with van der Waals surface area (Å²) in [4.78, 5) is 25.6. The van der Waals surface area contributed by atoms with Crippen LogP contribution in [0, 0.1) is 0 Å². The van der Waals surface area contributed by atoms with Crippen LogP contribution in [0.5, 0.6) is 0 Å². The third-order valence-electron chi connectivity index (χ3n) is 6.88. The van der Waals surface area contributed by atoms with E-state index >= 15 is 0 Å². The average Bonchev–Trinajstić information content (AvgIpc) is 2.88. The Morgan fingerprint density at radius 3 is 2.64 bits per heavy atom. The van der Waals surface area contributed by atoms with E-state index in [2.05, 4.69) is 38.4 Å². The minimum Gasteiger partial charge on any atom is -0.390 e. The first-order chi connectivity index (χ1) is 17.3. The van der Waals surface area contributed by atoms with Gasteiger partial charge >= 0.3 is 0 Å². The predicted molar refractivity (Wildman–Crippen MR) is 136 cm³/mol. The van der Waals surface area contributed by atoms with E-state index in [4.69, 9.17) is 0 Å². The summed E-state index contributed by atoms with van der Waals surface area (Å²) < 4.78 is 23.7. The number of nitrogens with one attached hydrogen (secondary N) is 1. The minimum absolute atomic E-state index is 0.00662. The second-order valence-corrected chi connectivity index (χ2v) is 11.4. The number of amides is 1. The largest absolute Gasteiger partial charge is 0.390 e. The number of nitrogens with zero attached hydrogens (tertiary/aromatic N) is 4. The average molecular weight is 508 g/mol. The van der Waals surface area contributed by atoms with Crippen LogP contribution in [-0.4, -0.2) is 77.2 Å². The van der Waals surface area contributed by atoms with Gasteiger partial charge in [-0.15, -0.1) is 0 Å². The maximum Gasteiger partial charge on any atom is 0.272 e. The Bertz CT molecular complexity index is 1380. The third kappa shape index (κ3) is 5.25. The number of benzene rings is 2. The number of aromatic nitrogens is 2. The van der Waals surface area contributed by atoms with Crippen molar-refractivity contribution in [3.05, 3.63) is 77.7 Å². The number of carbonyl (C=O) groups excluding carboxylic acids is 1. The first kappa shape index (κ1) is 24.4. The lowest BCUT2D eigenvalue weighted by molar-refractivity contribution is -0.0139. The molecule has 2 aromatic carbocycles. The molecule has 2 atom stereocenters. The molecule has 0 radical (unpaired) electrons. The summed E-state index contributed by atoms with van der Waals surface area (Å²) in [6, 6.07) is 16.4. The summed E-state index contributed by atoms with van der Waals surface area (Å²) in [6.07, 6.45) is 3.45. The first-order valence-electron chi connectivity index (χ1n) is 12.0. The maximum atomic E-state index is 13.2. The molecule has 36 heavy (non-hydrogen) atoms. The van der Waals surface area contributed by atoms with Crippen molar-refractivity contribution in [2.45, 2.75) is 36.4 Å². The minimum atomic E-state index is -3.35. The Morgan fingerprint density at radius 1 is 1.06 bits per heavy atom. The molecule has 0 spiro atoms. The summed E-state index contributed by atoms with van der Waals surface area (Å²) in [6.45, 7) is 2.48. The van der Waals surface area contributed by atoms with E-state index < -0.39 is 15.9 Å². The van der Waals surface area contributed by atoms with Crippen LogP contribution in [0.25, 0.3) is 0 Å². The molecular formula is C26H29N5O4S. The summed E-state index contributed by atoms with van der Waals surface area (Å²) >= 11 is 0. The smallest absolute Gasteiger partial charge is 0.272 e. The molecule has 0 saturated carbocycles. The Balaban J connectivity index is 1.24. The molecular weight excluding hydrogens is 478 g/mol. The van der Waals surface area contributed by atoms with Gasteiger partial charge in [0.1, 0.15) is 17.8 Å². The fourth-order valence-corrected chi connectivity index (χ4v) is 5.65. The van der Waals surface area contributed by atoms with E-state index in [1.165, 1.54) is 35.7 Å². The van der Waals surface area contributed by atoms with E-state index in [0.29, 0.717) is 24.5 Å². The van der Waals surface area contributed by atoms with Crippen LogP contribution in [0.4, 0.5) is 11.5 Å². The van der Waals surface area contributed by atoms with Crippen molar-refractivity contribution in [3.63, 3.8) is 0 Å². The number of carbonyl (C=O) groups is 1. The van der Waals surface area contributed by atoms with Crippen molar-refractivity contribution in [1.82, 2.24) is 19.8 Å². The Hall–Kier alpha value is -3.34. The topological polar surface area (TPSA) is 116 Å². The molecule has 0 aliphatic carbocycles. The fraction of sp³-hybridized carbons (Fsp3) is 0.346. The van der Waals surface area contributed by atoms with Gasteiger partial charge in [0.15, 0.2) is 9.84 Å². The first-order valence-corrected chi connectivity index (χ1v) is 13.8. The SMILES string of the molecule is CS(=O)(=O)c1cccc(Nc2cc(C(=O)N3CCC(N4CCc5ccccc5C4)[C@@H](O)C3)ncn2)c1. The lowest BCUT2D eigenvalue weighted by Gasteiger charge is -2.43. The van der Waals surface area contributed by atoms with Gasteiger partial charge in [0.25, 0.3) is 5.91 Å². The van der Waals surface area contributed by atoms with Crippen molar-refractivity contribution in [2.75, 3.05) is 31.2 Å². The molecule has 1 amide bonds. The van der Waals surface area contributed by atoms with Crippen LogP contribution in [0.1, 0.15) is 28.0 Å². The second-order valence-electron chi connectivity index (χ2n) is 9.38. The van der Waals surface area contributed by atoms with E-state index in [1.807, 2.05) is 6.07 Å². The van der Waals surface area contributed by atoms with E-state index in [1.54, 1.807) is 17.0 Å². The number of piperidine rings is 1. The van der Waals surface area contributed by atoms with Crippen LogP contribution in [0.15, 0.2) is 65.8 Å². The van der Waals surface area contributed by atoms with Gasteiger partial charge in [-0.25, -0.2) is 18.4 Å². The third-order valence-corrected chi connectivity index (χ3v) is 7.99. The van der Waals surface area contributed by atoms with Gasteiger partial charge in [-0.05, 0) is 42.2 Å². The summed E-state index contributed by atoms with van der Waals surface area (Å²) in [7, 11) is -3.35. The number of anilines is 2. The Labute approximate surface area is 210 Å². The number of aliphatic hydroxyl groups is 1. The summed E-state index contributed by atoms with van der Waals surface area (Å²) in [5, 5.41) is 14.0. The number of hydrogen-bond donors (Lipinski definition) is 2. The molecule has 10 heteroatoms. The van der Waals surface area contributed by atoms with Crippen LogP contribution in [-0.2, 0) is 22.8 Å². The molecule has 1 saturated heterocycles. The lowest BCUT2D eigenvalue weighted by Crippen LogP contribution is -2.56. The van der Waals surface area contributed by atoms with Gasteiger partial charge in [-0.3, -0.25) is 9.69 Å². The van der Waals surface area contributed by atoms with Crippen LogP contribution < -0.4 is 5.32 Å². The molecule has 1 aromatic heterocycles. The van der Waals surface area contributed by atoms with Crippen molar-refractivity contribution in [1.29, 1.82) is 0 Å². The molecule has 3 aromatic rings. The van der Waals surface area contributed by atoms with Crippen LogP contribution >= 0.6 is 0 Å². The van der Waals surface area contributed by atoms with Crippen molar-refractivity contribution < 1.29 is 18.3 Å². The van der Waals surface area contributed by atoms with Crippen molar-refractivity contribution >= 4 is 27.2 Å². The normalized spacial score (nSPS) is 20.6. The number of sulfone groups is 1.